The molecule has 4 N–H and O–H groups in total. The lowest BCUT2D eigenvalue weighted by molar-refractivity contribution is 0.0903. The van der Waals surface area contributed by atoms with Crippen molar-refractivity contribution in [3.63, 3.8) is 0 Å². The van der Waals surface area contributed by atoms with E-state index in [1.807, 2.05) is 49.5 Å². The number of hydrogen-bond acceptors (Lipinski definition) is 8. The van der Waals surface area contributed by atoms with Crippen molar-refractivity contribution in [2.45, 2.75) is 52.1 Å². The van der Waals surface area contributed by atoms with Crippen molar-refractivity contribution < 1.29 is 9.53 Å². The van der Waals surface area contributed by atoms with E-state index in [-0.39, 0.29) is 17.9 Å². The molecule has 0 atom stereocenters. The maximum Gasteiger partial charge on any atom is 0.255 e. The molecule has 10 heteroatoms. The van der Waals surface area contributed by atoms with Crippen LogP contribution < -0.4 is 21.3 Å². The lowest BCUT2D eigenvalue weighted by atomic mass is 10.1. The van der Waals surface area contributed by atoms with Crippen molar-refractivity contribution in [1.82, 2.24) is 19.6 Å². The van der Waals surface area contributed by atoms with Gasteiger partial charge in [-0.1, -0.05) is 45.2 Å². The fourth-order valence-electron chi connectivity index (χ4n) is 4.77. The van der Waals surface area contributed by atoms with Crippen LogP contribution in [-0.2, 0) is 11.3 Å². The number of amides is 1. The zero-order chi connectivity index (χ0) is 29.6. The van der Waals surface area contributed by atoms with Crippen molar-refractivity contribution in [1.29, 1.82) is 0 Å². The van der Waals surface area contributed by atoms with Gasteiger partial charge in [0.1, 0.15) is 0 Å². The van der Waals surface area contributed by atoms with Crippen LogP contribution in [0.1, 0.15) is 59.7 Å². The third-order valence-electron chi connectivity index (χ3n) is 7.25. The highest BCUT2D eigenvalue weighted by Gasteiger charge is 2.19. The van der Waals surface area contributed by atoms with Crippen molar-refractivity contribution >= 4 is 34.8 Å². The van der Waals surface area contributed by atoms with Gasteiger partial charge in [-0.3, -0.25) is 4.79 Å². The summed E-state index contributed by atoms with van der Waals surface area (Å²) in [7, 11) is 0. The molecule has 1 aliphatic rings. The molecule has 2 aromatic heterocycles. The average molecular weight is 567 g/mol. The van der Waals surface area contributed by atoms with Gasteiger partial charge in [0.05, 0.1) is 6.20 Å². The van der Waals surface area contributed by atoms with Crippen LogP contribution in [0.25, 0.3) is 5.65 Å². The molecule has 0 unspecified atom stereocenters. The lowest BCUT2D eigenvalue weighted by Crippen LogP contribution is -2.29. The second-order valence-corrected chi connectivity index (χ2v) is 10.8. The number of carbonyl (C=O) groups excluding carboxylic acids is 1. The second kappa shape index (κ2) is 12.9. The standard InChI is InChI=1S/C32H38N8O2/c1-6-22(5)35-28-17-24(11-10-21(28)4)30(41)36-26-9-7-8-23(16-26)18-33-32-39-31(37-25-12-14-42-15-13-25)38-29-27(20(2)3)19-34-40(29)32/h6-11,16-17,19-20,25,35H,1,5,12-15,18H2,2-4H3,(H,36,41)(H2,33,37,38,39). The molecule has 2 aromatic carbocycles. The average Bonchev–Trinajstić information content (AvgIpc) is 3.42. The van der Waals surface area contributed by atoms with Gasteiger partial charge in [-0.05, 0) is 67.2 Å². The van der Waals surface area contributed by atoms with E-state index in [1.165, 1.54) is 0 Å². The lowest BCUT2D eigenvalue weighted by Gasteiger charge is -2.23. The molecule has 0 bridgehead atoms. The molecule has 1 saturated heterocycles. The van der Waals surface area contributed by atoms with E-state index in [0.29, 0.717) is 35.4 Å². The summed E-state index contributed by atoms with van der Waals surface area (Å²) < 4.78 is 7.25. The van der Waals surface area contributed by atoms with Gasteiger partial charge in [-0.15, -0.1) is 0 Å². The zero-order valence-corrected chi connectivity index (χ0v) is 24.4. The zero-order valence-electron chi connectivity index (χ0n) is 24.4. The Morgan fingerprint density at radius 2 is 1.95 bits per heavy atom. The maximum absolute atomic E-state index is 13.1. The minimum absolute atomic E-state index is 0.202. The van der Waals surface area contributed by atoms with E-state index in [4.69, 9.17) is 14.7 Å². The number of anilines is 4. The summed E-state index contributed by atoms with van der Waals surface area (Å²) in [6.07, 6.45) is 5.32. The van der Waals surface area contributed by atoms with Crippen LogP contribution in [0.3, 0.4) is 0 Å². The topological polar surface area (TPSA) is 118 Å². The summed E-state index contributed by atoms with van der Waals surface area (Å²) in [4.78, 5) is 22.7. The van der Waals surface area contributed by atoms with Crippen LogP contribution in [0, 0.1) is 6.92 Å². The number of nitrogens with one attached hydrogen (secondary N) is 4. The Morgan fingerprint density at radius 1 is 1.14 bits per heavy atom. The highest BCUT2D eigenvalue weighted by Crippen LogP contribution is 2.24. The third kappa shape index (κ3) is 6.77. The van der Waals surface area contributed by atoms with Gasteiger partial charge in [0.2, 0.25) is 11.9 Å². The fraction of sp³-hybridized carbons (Fsp3) is 0.312. The fourth-order valence-corrected chi connectivity index (χ4v) is 4.77. The molecule has 0 aliphatic carbocycles. The summed E-state index contributed by atoms with van der Waals surface area (Å²) in [5.41, 5.74) is 6.53. The molecule has 0 spiro atoms. The Kier molecular flexibility index (Phi) is 8.83. The molecule has 1 fully saturated rings. The van der Waals surface area contributed by atoms with Gasteiger partial charge < -0.3 is 26.0 Å². The first-order chi connectivity index (χ1) is 20.3. The summed E-state index contributed by atoms with van der Waals surface area (Å²) in [5, 5.41) is 17.7. The molecule has 1 amide bonds. The maximum atomic E-state index is 13.1. The highest BCUT2D eigenvalue weighted by atomic mass is 16.5. The Balaban J connectivity index is 1.32. The van der Waals surface area contributed by atoms with Crippen LogP contribution in [-0.4, -0.2) is 44.7 Å². The largest absolute Gasteiger partial charge is 0.381 e. The monoisotopic (exact) mass is 566 g/mol. The van der Waals surface area contributed by atoms with E-state index in [0.717, 1.165) is 54.1 Å². The molecular weight excluding hydrogens is 528 g/mol. The summed E-state index contributed by atoms with van der Waals surface area (Å²) in [6.45, 7) is 15.8. The molecule has 5 rings (SSSR count). The third-order valence-corrected chi connectivity index (χ3v) is 7.25. The van der Waals surface area contributed by atoms with E-state index < -0.39 is 0 Å². The number of aryl methyl sites for hydroxylation is 1. The van der Waals surface area contributed by atoms with Crippen LogP contribution in [0.2, 0.25) is 0 Å². The predicted molar refractivity (Wildman–Crippen MR) is 168 cm³/mol. The van der Waals surface area contributed by atoms with Crippen molar-refractivity contribution in [3.05, 3.63) is 95.8 Å². The SMILES string of the molecule is C=CC(=C)Nc1cc(C(=O)Nc2cccc(CNc3nc(NC4CCOCC4)nc4c(C(C)C)cnn34)c2)ccc1C. The smallest absolute Gasteiger partial charge is 0.255 e. The van der Waals surface area contributed by atoms with Crippen LogP contribution in [0.15, 0.2) is 73.6 Å². The van der Waals surface area contributed by atoms with Gasteiger partial charge in [-0.2, -0.15) is 19.6 Å². The number of carbonyl (C=O) groups is 1. The molecule has 1 aliphatic heterocycles. The molecule has 218 valence electrons. The van der Waals surface area contributed by atoms with E-state index in [1.54, 1.807) is 16.7 Å². The Labute approximate surface area is 246 Å². The molecular formula is C32H38N8O2. The van der Waals surface area contributed by atoms with Gasteiger partial charge in [0, 0.05) is 54.0 Å². The first kappa shape index (κ1) is 28.8. The normalized spacial score (nSPS) is 13.6. The number of allylic oxidation sites excluding steroid dienone is 1. The molecule has 0 radical (unpaired) electrons. The van der Waals surface area contributed by atoms with Crippen LogP contribution in [0.5, 0.6) is 0 Å². The Hall–Kier alpha value is -4.70. The molecule has 10 nitrogen and oxygen atoms in total. The predicted octanol–water partition coefficient (Wildman–Crippen LogP) is 6.12. The van der Waals surface area contributed by atoms with Crippen LogP contribution >= 0.6 is 0 Å². The second-order valence-electron chi connectivity index (χ2n) is 10.8. The van der Waals surface area contributed by atoms with Crippen molar-refractivity contribution in [2.75, 3.05) is 34.5 Å². The summed E-state index contributed by atoms with van der Waals surface area (Å²) in [5.74, 6) is 1.23. The van der Waals surface area contributed by atoms with E-state index in [2.05, 4.69) is 53.4 Å². The molecule has 4 aromatic rings. The minimum Gasteiger partial charge on any atom is -0.381 e. The first-order valence-corrected chi connectivity index (χ1v) is 14.2. The molecule has 42 heavy (non-hydrogen) atoms. The van der Waals surface area contributed by atoms with Gasteiger partial charge in [-0.25, -0.2) is 0 Å². The van der Waals surface area contributed by atoms with E-state index in [9.17, 15) is 4.79 Å². The summed E-state index contributed by atoms with van der Waals surface area (Å²) in [6, 6.07) is 13.5. The van der Waals surface area contributed by atoms with Gasteiger partial charge in [0.25, 0.3) is 5.91 Å². The van der Waals surface area contributed by atoms with E-state index >= 15 is 0 Å². The number of aromatic nitrogens is 4. The molecule has 3 heterocycles. The number of fused-ring (bicyclic) bond motifs is 1. The number of ether oxygens (including phenoxy) is 1. The Bertz CT molecular complexity index is 1600. The Morgan fingerprint density at radius 3 is 2.71 bits per heavy atom. The summed E-state index contributed by atoms with van der Waals surface area (Å²) >= 11 is 0. The first-order valence-electron chi connectivity index (χ1n) is 14.2. The van der Waals surface area contributed by atoms with Gasteiger partial charge >= 0.3 is 0 Å². The van der Waals surface area contributed by atoms with Crippen LogP contribution in [0.4, 0.5) is 23.3 Å². The minimum atomic E-state index is -0.202. The number of hydrogen-bond donors (Lipinski definition) is 4. The number of nitrogens with zero attached hydrogens (tertiary/aromatic N) is 4. The highest BCUT2D eigenvalue weighted by molar-refractivity contribution is 6.05. The number of benzene rings is 2. The number of rotatable bonds is 11. The quantitative estimate of drug-likeness (QED) is 0.160. The van der Waals surface area contributed by atoms with Crippen molar-refractivity contribution in [3.8, 4) is 0 Å². The van der Waals surface area contributed by atoms with Gasteiger partial charge in [0.15, 0.2) is 5.65 Å². The van der Waals surface area contributed by atoms with Crippen molar-refractivity contribution in [2.24, 2.45) is 0 Å². The molecule has 0 saturated carbocycles.